The zero-order chi connectivity index (χ0) is 16.5. The lowest BCUT2D eigenvalue weighted by Gasteiger charge is -2.18. The van der Waals surface area contributed by atoms with Gasteiger partial charge in [-0.2, -0.15) is 0 Å². The number of esters is 1. The normalized spacial score (nSPS) is 19.2. The molecule has 1 rings (SSSR count). The molecule has 0 aromatic rings. The summed E-state index contributed by atoms with van der Waals surface area (Å²) >= 11 is 0. The van der Waals surface area contributed by atoms with Crippen LogP contribution in [0.2, 0.25) is 0 Å². The van der Waals surface area contributed by atoms with Crippen LogP contribution in [0.4, 0.5) is 0 Å². The first-order valence-corrected chi connectivity index (χ1v) is 8.01. The van der Waals surface area contributed by atoms with Gasteiger partial charge in [0.2, 0.25) is 0 Å². The second-order valence-corrected chi connectivity index (χ2v) is 5.84. The van der Waals surface area contributed by atoms with Gasteiger partial charge in [-0.3, -0.25) is 0 Å². The molecule has 22 heavy (non-hydrogen) atoms. The van der Waals surface area contributed by atoms with Crippen LogP contribution < -0.4 is 0 Å². The van der Waals surface area contributed by atoms with Crippen molar-refractivity contribution in [1.29, 1.82) is 0 Å². The van der Waals surface area contributed by atoms with Gasteiger partial charge >= 0.3 is 5.97 Å². The first kappa shape index (κ1) is 18.2. The van der Waals surface area contributed by atoms with E-state index in [1.807, 2.05) is 19.1 Å². The Kier molecular flexibility index (Phi) is 7.65. The Bertz CT molecular complexity index is 554. The van der Waals surface area contributed by atoms with Crippen LogP contribution >= 0.6 is 0 Å². The molecule has 0 bridgehead atoms. The molecule has 2 heteroatoms. The molecule has 0 spiro atoms. The highest BCUT2D eigenvalue weighted by Crippen LogP contribution is 2.29. The topological polar surface area (TPSA) is 26.3 Å². The van der Waals surface area contributed by atoms with E-state index < -0.39 is 0 Å². The largest absolute Gasteiger partial charge is 0.463 e. The third-order valence-corrected chi connectivity index (χ3v) is 3.87. The number of carbonyl (C=O) groups is 1. The molecular weight excluding hydrogens is 272 g/mol. The molecule has 0 radical (unpaired) electrons. The quantitative estimate of drug-likeness (QED) is 0.383. The highest BCUT2D eigenvalue weighted by molar-refractivity contribution is 5.83. The molecule has 0 amide bonds. The molecule has 1 aliphatic carbocycles. The van der Waals surface area contributed by atoms with E-state index in [2.05, 4.69) is 32.9 Å². The van der Waals surface area contributed by atoms with Crippen molar-refractivity contribution in [2.24, 2.45) is 0 Å². The minimum absolute atomic E-state index is 0.286. The van der Waals surface area contributed by atoms with Gasteiger partial charge in [0.25, 0.3) is 0 Å². The van der Waals surface area contributed by atoms with Gasteiger partial charge in [0.1, 0.15) is 0 Å². The minimum atomic E-state index is -0.286. The molecule has 120 valence electrons. The Hall–Kier alpha value is -1.83. The molecular formula is C20H28O2. The van der Waals surface area contributed by atoms with Gasteiger partial charge in [-0.05, 0) is 70.6 Å². The maximum Gasteiger partial charge on any atom is 0.330 e. The summed E-state index contributed by atoms with van der Waals surface area (Å²) < 4.78 is 4.88. The standard InChI is InChI=1S/C20H28O2/c1-6-22-20(21)14-16(3)10-7-9-15(2)13-19-12-8-11-17(4)18(19)5/h7,9-10,13-14H,6,8,11-12H2,1-5H3/b10-7+,15-9-,16-14+,19-13+. The first-order chi connectivity index (χ1) is 10.4. The van der Waals surface area contributed by atoms with E-state index >= 15 is 0 Å². The molecule has 0 saturated heterocycles. The van der Waals surface area contributed by atoms with Gasteiger partial charge in [-0.25, -0.2) is 4.79 Å². The van der Waals surface area contributed by atoms with Crippen LogP contribution in [0.3, 0.4) is 0 Å². The fourth-order valence-electron chi connectivity index (χ4n) is 2.47. The second kappa shape index (κ2) is 9.24. The molecule has 0 unspecified atom stereocenters. The van der Waals surface area contributed by atoms with Gasteiger partial charge in [-0.1, -0.05) is 35.5 Å². The Balaban J connectivity index is 2.72. The number of hydrogen-bond donors (Lipinski definition) is 0. The predicted octanol–water partition coefficient (Wildman–Crippen LogP) is 5.45. The summed E-state index contributed by atoms with van der Waals surface area (Å²) in [6.45, 7) is 10.7. The zero-order valence-corrected chi connectivity index (χ0v) is 14.5. The average Bonchev–Trinajstić information content (AvgIpc) is 2.44. The summed E-state index contributed by atoms with van der Waals surface area (Å²) in [5, 5.41) is 0. The van der Waals surface area contributed by atoms with Crippen LogP contribution in [0, 0.1) is 0 Å². The van der Waals surface area contributed by atoms with Gasteiger partial charge in [0.05, 0.1) is 6.61 Å². The van der Waals surface area contributed by atoms with Gasteiger partial charge in [-0.15, -0.1) is 0 Å². The highest BCUT2D eigenvalue weighted by atomic mass is 16.5. The summed E-state index contributed by atoms with van der Waals surface area (Å²) in [5.74, 6) is -0.286. The van der Waals surface area contributed by atoms with E-state index in [4.69, 9.17) is 4.74 Å². The van der Waals surface area contributed by atoms with E-state index in [9.17, 15) is 4.79 Å². The van der Waals surface area contributed by atoms with Crippen LogP contribution in [0.15, 0.2) is 58.2 Å². The Morgan fingerprint density at radius 1 is 1.18 bits per heavy atom. The maximum absolute atomic E-state index is 11.3. The number of allylic oxidation sites excluding steroid dienone is 9. The number of rotatable bonds is 5. The molecule has 0 aliphatic heterocycles. The van der Waals surface area contributed by atoms with Crippen molar-refractivity contribution in [2.75, 3.05) is 6.61 Å². The monoisotopic (exact) mass is 300 g/mol. The van der Waals surface area contributed by atoms with Crippen LogP contribution in [0.1, 0.15) is 53.9 Å². The smallest absolute Gasteiger partial charge is 0.330 e. The molecule has 0 N–H and O–H groups in total. The van der Waals surface area contributed by atoms with Crippen LogP contribution in [-0.2, 0) is 9.53 Å². The minimum Gasteiger partial charge on any atom is -0.463 e. The van der Waals surface area contributed by atoms with Gasteiger partial charge in [0.15, 0.2) is 0 Å². The fraction of sp³-hybridized carbons (Fsp3) is 0.450. The maximum atomic E-state index is 11.3. The molecule has 1 aliphatic rings. The second-order valence-electron chi connectivity index (χ2n) is 5.84. The molecule has 2 nitrogen and oxygen atoms in total. The zero-order valence-electron chi connectivity index (χ0n) is 14.5. The van der Waals surface area contributed by atoms with Crippen LogP contribution in [0.25, 0.3) is 0 Å². The van der Waals surface area contributed by atoms with E-state index in [0.717, 1.165) is 5.57 Å². The van der Waals surface area contributed by atoms with Crippen molar-refractivity contribution in [3.8, 4) is 0 Å². The van der Waals surface area contributed by atoms with Crippen LogP contribution in [-0.4, -0.2) is 12.6 Å². The lowest BCUT2D eigenvalue weighted by molar-refractivity contribution is -0.137. The van der Waals surface area contributed by atoms with Crippen molar-refractivity contribution < 1.29 is 9.53 Å². The van der Waals surface area contributed by atoms with E-state index in [1.165, 1.54) is 47.6 Å². The summed E-state index contributed by atoms with van der Waals surface area (Å²) in [6, 6.07) is 0. The third kappa shape index (κ3) is 6.30. The first-order valence-electron chi connectivity index (χ1n) is 8.01. The number of carbonyl (C=O) groups excluding carboxylic acids is 1. The Labute approximate surface area is 134 Å². The van der Waals surface area contributed by atoms with Gasteiger partial charge in [0, 0.05) is 6.08 Å². The summed E-state index contributed by atoms with van der Waals surface area (Å²) in [4.78, 5) is 11.3. The van der Waals surface area contributed by atoms with Crippen molar-refractivity contribution in [3.05, 3.63) is 58.2 Å². The van der Waals surface area contributed by atoms with Crippen molar-refractivity contribution in [2.45, 2.75) is 53.9 Å². The Morgan fingerprint density at radius 3 is 2.59 bits per heavy atom. The lowest BCUT2D eigenvalue weighted by atomic mass is 9.88. The van der Waals surface area contributed by atoms with E-state index in [-0.39, 0.29) is 5.97 Å². The SMILES string of the molecule is CCOC(=O)/C=C(C)/C=C/C=C(C)\C=C1/CCCC(C)=C1C. The summed E-state index contributed by atoms with van der Waals surface area (Å²) in [7, 11) is 0. The van der Waals surface area contributed by atoms with Gasteiger partial charge < -0.3 is 4.74 Å². The molecule has 0 aromatic heterocycles. The van der Waals surface area contributed by atoms with E-state index in [0.29, 0.717) is 6.61 Å². The number of hydrogen-bond acceptors (Lipinski definition) is 2. The molecule has 0 heterocycles. The molecule has 0 saturated carbocycles. The van der Waals surface area contributed by atoms with Crippen molar-refractivity contribution in [3.63, 3.8) is 0 Å². The molecule has 0 aromatic carbocycles. The summed E-state index contributed by atoms with van der Waals surface area (Å²) in [6.07, 6.45) is 13.4. The van der Waals surface area contributed by atoms with E-state index in [1.54, 1.807) is 6.92 Å². The summed E-state index contributed by atoms with van der Waals surface area (Å²) in [5.41, 5.74) is 6.52. The fourth-order valence-corrected chi connectivity index (χ4v) is 2.47. The highest BCUT2D eigenvalue weighted by Gasteiger charge is 2.10. The van der Waals surface area contributed by atoms with Crippen molar-refractivity contribution >= 4 is 5.97 Å². The molecule has 0 fully saturated rings. The molecule has 0 atom stereocenters. The Morgan fingerprint density at radius 2 is 1.91 bits per heavy atom. The average molecular weight is 300 g/mol. The lowest BCUT2D eigenvalue weighted by Crippen LogP contribution is -1.99. The van der Waals surface area contributed by atoms with Crippen molar-refractivity contribution in [1.82, 2.24) is 0 Å². The van der Waals surface area contributed by atoms with Crippen LogP contribution in [0.5, 0.6) is 0 Å². The number of ether oxygens (including phenoxy) is 1. The predicted molar refractivity (Wildman–Crippen MR) is 93.6 cm³/mol. The third-order valence-electron chi connectivity index (χ3n) is 3.87.